The molecule has 0 saturated carbocycles. The number of nitrogens with zero attached hydrogens (tertiary/aromatic N) is 3. The summed E-state index contributed by atoms with van der Waals surface area (Å²) in [6.07, 6.45) is 1.65. The summed E-state index contributed by atoms with van der Waals surface area (Å²) in [6.45, 7) is 1.14. The van der Waals surface area contributed by atoms with Crippen molar-refractivity contribution in [3.05, 3.63) is 36.5 Å². The van der Waals surface area contributed by atoms with Crippen molar-refractivity contribution in [2.75, 3.05) is 33.3 Å². The summed E-state index contributed by atoms with van der Waals surface area (Å²) in [7, 11) is 1.74. The Bertz CT molecular complexity index is 711. The van der Waals surface area contributed by atoms with E-state index in [-0.39, 0.29) is 25.0 Å². The number of pyridine rings is 1. The van der Waals surface area contributed by atoms with Crippen molar-refractivity contribution in [2.24, 2.45) is 0 Å². The number of fused-ring (bicyclic) bond motifs is 1. The first-order chi connectivity index (χ1) is 10.6. The molecule has 0 atom stereocenters. The molecule has 0 bridgehead atoms. The highest BCUT2D eigenvalue weighted by atomic mass is 16.5. The van der Waals surface area contributed by atoms with Gasteiger partial charge in [0.2, 0.25) is 5.91 Å². The van der Waals surface area contributed by atoms with Crippen molar-refractivity contribution in [1.82, 2.24) is 14.8 Å². The van der Waals surface area contributed by atoms with Gasteiger partial charge in [0.1, 0.15) is 5.75 Å². The summed E-state index contributed by atoms with van der Waals surface area (Å²) in [5.41, 5.74) is 0.822. The van der Waals surface area contributed by atoms with Crippen LogP contribution in [0.25, 0.3) is 10.9 Å². The minimum Gasteiger partial charge on any atom is -0.483 e. The molecule has 6 nitrogen and oxygen atoms in total. The van der Waals surface area contributed by atoms with Gasteiger partial charge in [0.05, 0.1) is 12.1 Å². The fourth-order valence-electron chi connectivity index (χ4n) is 2.40. The number of likely N-dealkylation sites (N-methyl/N-ethyl adjacent to an activating group) is 1. The molecule has 0 radical (unpaired) electrons. The fraction of sp³-hybridized carbons (Fsp3) is 0.312. The van der Waals surface area contributed by atoms with Gasteiger partial charge >= 0.3 is 0 Å². The Labute approximate surface area is 128 Å². The van der Waals surface area contributed by atoms with E-state index in [4.69, 9.17) is 4.74 Å². The van der Waals surface area contributed by atoms with Crippen LogP contribution in [0.1, 0.15) is 0 Å². The largest absolute Gasteiger partial charge is 0.483 e. The monoisotopic (exact) mass is 299 g/mol. The lowest BCUT2D eigenvalue weighted by molar-refractivity contribution is -0.145. The average Bonchev–Trinajstić information content (AvgIpc) is 2.55. The van der Waals surface area contributed by atoms with Crippen molar-refractivity contribution < 1.29 is 14.3 Å². The lowest BCUT2D eigenvalue weighted by atomic mass is 10.2. The number of rotatable bonds is 3. The third kappa shape index (κ3) is 2.86. The van der Waals surface area contributed by atoms with Gasteiger partial charge < -0.3 is 14.5 Å². The van der Waals surface area contributed by atoms with Crippen LogP contribution in [0, 0.1) is 0 Å². The van der Waals surface area contributed by atoms with E-state index >= 15 is 0 Å². The zero-order valence-electron chi connectivity index (χ0n) is 12.4. The van der Waals surface area contributed by atoms with E-state index in [2.05, 4.69) is 4.98 Å². The quantitative estimate of drug-likeness (QED) is 0.845. The van der Waals surface area contributed by atoms with E-state index in [1.54, 1.807) is 24.2 Å². The minimum absolute atomic E-state index is 0.0473. The van der Waals surface area contributed by atoms with Gasteiger partial charge in [-0.05, 0) is 18.2 Å². The summed E-state index contributed by atoms with van der Waals surface area (Å²) in [5.74, 6) is 0.399. The van der Waals surface area contributed by atoms with Gasteiger partial charge in [-0.15, -0.1) is 0 Å². The molecule has 6 heteroatoms. The van der Waals surface area contributed by atoms with Gasteiger partial charge in [-0.1, -0.05) is 12.1 Å². The Balaban J connectivity index is 1.67. The van der Waals surface area contributed by atoms with Crippen LogP contribution < -0.4 is 4.74 Å². The number of hydrogen-bond acceptors (Lipinski definition) is 4. The molecular weight excluding hydrogens is 282 g/mol. The predicted molar refractivity (Wildman–Crippen MR) is 81.5 cm³/mol. The van der Waals surface area contributed by atoms with Crippen LogP contribution in [0.5, 0.6) is 5.75 Å². The molecule has 0 unspecified atom stereocenters. The van der Waals surface area contributed by atoms with Crippen LogP contribution in [0.15, 0.2) is 36.5 Å². The molecule has 1 aromatic carbocycles. The maximum Gasteiger partial charge on any atom is 0.261 e. The molecule has 0 N–H and O–H groups in total. The summed E-state index contributed by atoms with van der Waals surface area (Å²) in [4.78, 5) is 31.2. The van der Waals surface area contributed by atoms with Crippen molar-refractivity contribution in [1.29, 1.82) is 0 Å². The lowest BCUT2D eigenvalue weighted by Gasteiger charge is -2.31. The molecule has 1 aliphatic rings. The average molecular weight is 299 g/mol. The summed E-state index contributed by atoms with van der Waals surface area (Å²) in [5, 5.41) is 0.868. The van der Waals surface area contributed by atoms with Crippen LogP contribution in [0.2, 0.25) is 0 Å². The molecule has 1 aromatic heterocycles. The van der Waals surface area contributed by atoms with Gasteiger partial charge in [-0.25, -0.2) is 0 Å². The molecule has 114 valence electrons. The van der Waals surface area contributed by atoms with Gasteiger partial charge in [-0.2, -0.15) is 0 Å². The molecule has 2 heterocycles. The first-order valence-electron chi connectivity index (χ1n) is 7.13. The molecule has 2 aromatic rings. The Morgan fingerprint density at radius 2 is 2.09 bits per heavy atom. The third-order valence-corrected chi connectivity index (χ3v) is 3.77. The SMILES string of the molecule is CN1CCN(C(=O)COc2ccnc3ccccc23)CC1=O. The van der Waals surface area contributed by atoms with Crippen molar-refractivity contribution in [3.8, 4) is 5.75 Å². The minimum atomic E-state index is -0.178. The Hall–Kier alpha value is -2.63. The standard InChI is InChI=1S/C16H17N3O3/c1-18-8-9-19(10-15(18)20)16(21)11-22-14-6-7-17-13-5-3-2-4-12(13)14/h2-7H,8-11H2,1H3. The second-order valence-electron chi connectivity index (χ2n) is 5.25. The number of para-hydroxylation sites is 1. The number of benzene rings is 1. The highest BCUT2D eigenvalue weighted by Gasteiger charge is 2.25. The predicted octanol–water partition coefficient (Wildman–Crippen LogP) is 0.914. The number of ether oxygens (including phenoxy) is 1. The number of aromatic nitrogens is 1. The molecule has 22 heavy (non-hydrogen) atoms. The number of carbonyl (C=O) groups excluding carboxylic acids is 2. The van der Waals surface area contributed by atoms with E-state index in [1.165, 1.54) is 4.90 Å². The molecule has 0 aliphatic carbocycles. The van der Waals surface area contributed by atoms with Gasteiger partial charge in [-0.3, -0.25) is 14.6 Å². The number of amides is 2. The maximum absolute atomic E-state index is 12.2. The van der Waals surface area contributed by atoms with E-state index in [0.717, 1.165) is 10.9 Å². The molecule has 1 aliphatic heterocycles. The highest BCUT2D eigenvalue weighted by molar-refractivity contribution is 5.87. The van der Waals surface area contributed by atoms with Gasteiger partial charge in [0.25, 0.3) is 5.91 Å². The fourth-order valence-corrected chi connectivity index (χ4v) is 2.40. The Morgan fingerprint density at radius 3 is 2.91 bits per heavy atom. The zero-order chi connectivity index (χ0) is 15.5. The Morgan fingerprint density at radius 1 is 1.27 bits per heavy atom. The van der Waals surface area contributed by atoms with Crippen LogP contribution in [-0.2, 0) is 9.59 Å². The van der Waals surface area contributed by atoms with Crippen LogP contribution in [0.4, 0.5) is 0 Å². The van der Waals surface area contributed by atoms with E-state index < -0.39 is 0 Å². The lowest BCUT2D eigenvalue weighted by Crippen LogP contribution is -2.51. The smallest absolute Gasteiger partial charge is 0.261 e. The van der Waals surface area contributed by atoms with Crippen molar-refractivity contribution in [3.63, 3.8) is 0 Å². The first-order valence-corrected chi connectivity index (χ1v) is 7.13. The normalized spacial score (nSPS) is 15.2. The third-order valence-electron chi connectivity index (χ3n) is 3.77. The molecule has 0 spiro atoms. The molecule has 3 rings (SSSR count). The number of piperazine rings is 1. The van der Waals surface area contributed by atoms with Gasteiger partial charge in [0.15, 0.2) is 6.61 Å². The zero-order valence-corrected chi connectivity index (χ0v) is 12.4. The second kappa shape index (κ2) is 6.01. The van der Waals surface area contributed by atoms with Crippen LogP contribution in [-0.4, -0.2) is 59.9 Å². The number of hydrogen-bond donors (Lipinski definition) is 0. The van der Waals surface area contributed by atoms with Crippen LogP contribution >= 0.6 is 0 Å². The highest BCUT2D eigenvalue weighted by Crippen LogP contribution is 2.23. The van der Waals surface area contributed by atoms with Crippen molar-refractivity contribution >= 4 is 22.7 Å². The van der Waals surface area contributed by atoms with Crippen molar-refractivity contribution in [2.45, 2.75) is 0 Å². The van der Waals surface area contributed by atoms with E-state index in [9.17, 15) is 9.59 Å². The van der Waals surface area contributed by atoms with Crippen LogP contribution in [0.3, 0.4) is 0 Å². The van der Waals surface area contributed by atoms with E-state index in [1.807, 2.05) is 24.3 Å². The topological polar surface area (TPSA) is 62.7 Å². The molecule has 1 saturated heterocycles. The Kier molecular flexibility index (Phi) is 3.91. The second-order valence-corrected chi connectivity index (χ2v) is 5.25. The summed E-state index contributed by atoms with van der Waals surface area (Å²) in [6, 6.07) is 9.34. The summed E-state index contributed by atoms with van der Waals surface area (Å²) < 4.78 is 5.64. The maximum atomic E-state index is 12.2. The number of carbonyl (C=O) groups is 2. The molecular formula is C16H17N3O3. The van der Waals surface area contributed by atoms with E-state index in [0.29, 0.717) is 18.8 Å². The summed E-state index contributed by atoms with van der Waals surface area (Å²) >= 11 is 0. The first kappa shape index (κ1) is 14.3. The molecule has 2 amide bonds. The van der Waals surface area contributed by atoms with Gasteiger partial charge in [0, 0.05) is 31.7 Å². The molecule has 1 fully saturated rings.